The summed E-state index contributed by atoms with van der Waals surface area (Å²) in [5.74, 6) is -2.00. The molecule has 1 aliphatic rings. The molecular weight excluding hydrogens is 729 g/mol. The lowest BCUT2D eigenvalue weighted by atomic mass is 10.00. The number of carbonyl (C=O) groups is 2. The van der Waals surface area contributed by atoms with Gasteiger partial charge in [0.1, 0.15) is 36.8 Å². The van der Waals surface area contributed by atoms with Gasteiger partial charge >= 0.3 is 11.9 Å². The van der Waals surface area contributed by atoms with Gasteiger partial charge in [-0.25, -0.2) is 0 Å². The summed E-state index contributed by atoms with van der Waals surface area (Å²) in [7, 11) is -4.60. The number of aliphatic hydroxyl groups excluding tert-OH is 3. The predicted molar refractivity (Wildman–Crippen MR) is 215 cm³/mol. The van der Waals surface area contributed by atoms with Crippen molar-refractivity contribution in [2.45, 2.75) is 211 Å². The summed E-state index contributed by atoms with van der Waals surface area (Å²) >= 11 is 0. The number of ether oxygens (including phenoxy) is 4. The SMILES string of the molecule is CCCC/C=C/C/C=C/CCCCCCCC(=O)OC[C@H](CO[C@H]1O[C@H](CS(=O)(=O)O)[C@@H](O)C(O)C1O)OC(=O)CCCCCCCCCCCCCCC. The summed E-state index contributed by atoms with van der Waals surface area (Å²) in [5.41, 5.74) is 0. The van der Waals surface area contributed by atoms with Crippen LogP contribution in [0.4, 0.5) is 0 Å². The molecule has 0 aromatic heterocycles. The lowest BCUT2D eigenvalue weighted by Gasteiger charge is -2.40. The molecule has 55 heavy (non-hydrogen) atoms. The van der Waals surface area contributed by atoms with Crippen molar-refractivity contribution in [2.75, 3.05) is 19.0 Å². The van der Waals surface area contributed by atoms with Gasteiger partial charge in [-0.2, -0.15) is 8.42 Å². The van der Waals surface area contributed by atoms with Crippen molar-refractivity contribution in [3.63, 3.8) is 0 Å². The molecule has 4 N–H and O–H groups in total. The second kappa shape index (κ2) is 33.1. The third kappa shape index (κ3) is 28.2. The summed E-state index contributed by atoms with van der Waals surface area (Å²) < 4.78 is 53.9. The van der Waals surface area contributed by atoms with Crippen LogP contribution < -0.4 is 0 Å². The minimum absolute atomic E-state index is 0.165. The Hall–Kier alpha value is -1.87. The van der Waals surface area contributed by atoms with Gasteiger partial charge in [-0.05, 0) is 38.5 Å². The molecule has 1 fully saturated rings. The zero-order valence-electron chi connectivity index (χ0n) is 34.0. The summed E-state index contributed by atoms with van der Waals surface area (Å²) in [6, 6.07) is 0. The standard InChI is InChI=1S/C42H76O12S/c1-3-5-7-9-11-13-15-17-19-20-22-24-26-28-30-37(43)51-32-35(33-52-42-41(47)40(46)39(45)36(54-42)34-55(48,49)50)53-38(44)31-29-27-25-23-21-18-16-14-12-10-8-6-4-2/h9,11,15,17,35-36,39-42,45-47H,3-8,10,12-14,16,18-34H2,1-2H3,(H,48,49,50)/b11-9+,17-15+/t35-,36-,39-,40?,41?,42+/m1/s1. The van der Waals surface area contributed by atoms with Crippen molar-refractivity contribution >= 4 is 22.1 Å². The molecule has 13 heteroatoms. The third-order valence-corrected chi connectivity index (χ3v) is 10.5. The number of hydrogen-bond acceptors (Lipinski definition) is 11. The number of esters is 2. The van der Waals surface area contributed by atoms with Crippen molar-refractivity contribution < 1.29 is 56.8 Å². The fraction of sp³-hybridized carbons (Fsp3) is 0.857. The minimum Gasteiger partial charge on any atom is -0.462 e. The average Bonchev–Trinajstić information content (AvgIpc) is 3.14. The van der Waals surface area contributed by atoms with E-state index in [0.29, 0.717) is 12.8 Å². The van der Waals surface area contributed by atoms with Crippen LogP contribution >= 0.6 is 0 Å². The number of unbranched alkanes of at least 4 members (excludes halogenated alkanes) is 19. The van der Waals surface area contributed by atoms with E-state index in [9.17, 15) is 37.9 Å². The summed E-state index contributed by atoms with van der Waals surface area (Å²) in [6.07, 6.45) is 25.1. The van der Waals surface area contributed by atoms with Crippen molar-refractivity contribution in [3.8, 4) is 0 Å². The van der Waals surface area contributed by atoms with Crippen molar-refractivity contribution in [3.05, 3.63) is 24.3 Å². The van der Waals surface area contributed by atoms with E-state index >= 15 is 0 Å². The molecule has 0 aliphatic carbocycles. The van der Waals surface area contributed by atoms with E-state index in [1.807, 2.05) is 0 Å². The number of carbonyl (C=O) groups excluding carboxylic acids is 2. The van der Waals surface area contributed by atoms with Crippen LogP contribution in [0.25, 0.3) is 0 Å². The molecular formula is C42H76O12S. The van der Waals surface area contributed by atoms with Crippen LogP contribution in [0.3, 0.4) is 0 Å². The zero-order chi connectivity index (χ0) is 40.6. The van der Waals surface area contributed by atoms with E-state index in [1.54, 1.807) is 0 Å². The fourth-order valence-corrected chi connectivity index (χ4v) is 7.09. The monoisotopic (exact) mass is 805 g/mol. The van der Waals surface area contributed by atoms with Crippen LogP contribution in [-0.4, -0.2) is 96.0 Å². The van der Waals surface area contributed by atoms with Gasteiger partial charge in [0.15, 0.2) is 12.4 Å². The van der Waals surface area contributed by atoms with Gasteiger partial charge < -0.3 is 34.3 Å². The molecule has 0 saturated carbocycles. The number of aliphatic hydroxyl groups is 3. The number of hydrogen-bond donors (Lipinski definition) is 4. The third-order valence-electron chi connectivity index (χ3n) is 9.78. The van der Waals surface area contributed by atoms with Gasteiger partial charge in [0.2, 0.25) is 0 Å². The van der Waals surface area contributed by atoms with Crippen LogP contribution in [0.1, 0.15) is 174 Å². The second-order valence-corrected chi connectivity index (χ2v) is 16.5. The van der Waals surface area contributed by atoms with Crippen molar-refractivity contribution in [1.82, 2.24) is 0 Å². The molecule has 0 amide bonds. The second-order valence-electron chi connectivity index (χ2n) is 15.0. The molecule has 0 aromatic carbocycles. The molecule has 0 radical (unpaired) electrons. The Kier molecular flexibility index (Phi) is 30.8. The van der Waals surface area contributed by atoms with E-state index in [-0.39, 0.29) is 19.4 Å². The smallest absolute Gasteiger partial charge is 0.306 e. The maximum Gasteiger partial charge on any atom is 0.306 e. The maximum absolute atomic E-state index is 12.8. The lowest BCUT2D eigenvalue weighted by molar-refractivity contribution is -0.297. The molecule has 1 aliphatic heterocycles. The Morgan fingerprint density at radius 2 is 1.11 bits per heavy atom. The first-order chi connectivity index (χ1) is 26.5. The van der Waals surface area contributed by atoms with Gasteiger partial charge in [-0.3, -0.25) is 14.1 Å². The molecule has 0 bridgehead atoms. The summed E-state index contributed by atoms with van der Waals surface area (Å²) in [4.78, 5) is 25.3. The van der Waals surface area contributed by atoms with Gasteiger partial charge in [0.25, 0.3) is 10.1 Å². The topological polar surface area (TPSA) is 186 Å². The Balaban J connectivity index is 2.48. The highest BCUT2D eigenvalue weighted by atomic mass is 32.2. The first-order valence-corrected chi connectivity index (χ1v) is 23.0. The summed E-state index contributed by atoms with van der Waals surface area (Å²) in [5, 5.41) is 30.8. The molecule has 322 valence electrons. The van der Waals surface area contributed by atoms with Crippen molar-refractivity contribution in [1.29, 1.82) is 0 Å². The van der Waals surface area contributed by atoms with E-state index in [1.165, 1.54) is 70.6 Å². The van der Waals surface area contributed by atoms with Gasteiger partial charge in [0, 0.05) is 12.8 Å². The van der Waals surface area contributed by atoms with Crippen LogP contribution in [-0.2, 0) is 38.7 Å². The Bertz CT molecular complexity index is 1130. The van der Waals surface area contributed by atoms with Gasteiger partial charge in [-0.1, -0.05) is 147 Å². The molecule has 12 nitrogen and oxygen atoms in total. The van der Waals surface area contributed by atoms with Crippen LogP contribution in [0.2, 0.25) is 0 Å². The normalized spacial score (nSPS) is 21.0. The highest BCUT2D eigenvalue weighted by Crippen LogP contribution is 2.24. The van der Waals surface area contributed by atoms with Crippen LogP contribution in [0.5, 0.6) is 0 Å². The van der Waals surface area contributed by atoms with Crippen LogP contribution in [0, 0.1) is 0 Å². The molecule has 1 saturated heterocycles. The Morgan fingerprint density at radius 1 is 0.618 bits per heavy atom. The molecule has 2 unspecified atom stereocenters. The molecule has 0 aromatic rings. The quantitative estimate of drug-likeness (QED) is 0.0209. The molecule has 1 rings (SSSR count). The molecule has 0 spiro atoms. The fourth-order valence-electron chi connectivity index (χ4n) is 6.40. The van der Waals surface area contributed by atoms with E-state index in [2.05, 4.69) is 38.2 Å². The highest BCUT2D eigenvalue weighted by molar-refractivity contribution is 7.85. The predicted octanol–water partition coefficient (Wildman–Crippen LogP) is 8.06. The van der Waals surface area contributed by atoms with E-state index in [0.717, 1.165) is 64.2 Å². The van der Waals surface area contributed by atoms with E-state index < -0.39 is 71.2 Å². The van der Waals surface area contributed by atoms with Crippen LogP contribution in [0.15, 0.2) is 24.3 Å². The summed E-state index contributed by atoms with van der Waals surface area (Å²) in [6.45, 7) is 3.69. The minimum atomic E-state index is -4.60. The Morgan fingerprint density at radius 3 is 1.65 bits per heavy atom. The number of allylic oxidation sites excluding steroid dienone is 4. The van der Waals surface area contributed by atoms with Crippen molar-refractivity contribution in [2.24, 2.45) is 0 Å². The largest absolute Gasteiger partial charge is 0.462 e. The van der Waals surface area contributed by atoms with E-state index in [4.69, 9.17) is 18.9 Å². The van der Waals surface area contributed by atoms with Gasteiger partial charge in [0.05, 0.1) is 6.61 Å². The molecule has 1 heterocycles. The first kappa shape index (κ1) is 51.1. The maximum atomic E-state index is 12.8. The molecule has 6 atom stereocenters. The number of rotatable bonds is 35. The zero-order valence-corrected chi connectivity index (χ0v) is 34.9. The first-order valence-electron chi connectivity index (χ1n) is 21.4. The highest BCUT2D eigenvalue weighted by Gasteiger charge is 2.46. The average molecular weight is 805 g/mol. The Labute approximate surface area is 332 Å². The van der Waals surface area contributed by atoms with Gasteiger partial charge in [-0.15, -0.1) is 0 Å². The lowest BCUT2D eigenvalue weighted by Crippen LogP contribution is -2.60.